The molecule has 4 nitrogen and oxygen atoms in total. The SMILES string of the molecule is O=C(Nc1cc2ccccc2cn1)[C@H]1CNC[C@@H]1c1ccccc1. The smallest absolute Gasteiger partial charge is 0.230 e. The molecule has 24 heavy (non-hydrogen) atoms. The van der Waals surface area contributed by atoms with Crippen LogP contribution in [0.4, 0.5) is 5.82 Å². The Hall–Kier alpha value is -2.72. The number of pyridine rings is 1. The van der Waals surface area contributed by atoms with E-state index < -0.39 is 0 Å². The third-order valence-corrected chi connectivity index (χ3v) is 4.66. The van der Waals surface area contributed by atoms with E-state index in [2.05, 4.69) is 27.8 Å². The molecule has 2 atom stereocenters. The zero-order valence-electron chi connectivity index (χ0n) is 13.3. The van der Waals surface area contributed by atoms with Crippen LogP contribution in [0.15, 0.2) is 66.9 Å². The molecule has 4 heteroatoms. The van der Waals surface area contributed by atoms with Crippen LogP contribution >= 0.6 is 0 Å². The number of nitrogens with zero attached hydrogens (tertiary/aromatic N) is 1. The molecule has 120 valence electrons. The lowest BCUT2D eigenvalue weighted by Gasteiger charge is -2.18. The first-order chi connectivity index (χ1) is 11.8. The highest BCUT2D eigenvalue weighted by Gasteiger charge is 2.34. The van der Waals surface area contributed by atoms with Gasteiger partial charge in [-0.05, 0) is 17.0 Å². The van der Waals surface area contributed by atoms with E-state index in [1.54, 1.807) is 6.20 Å². The van der Waals surface area contributed by atoms with Crippen molar-refractivity contribution in [2.45, 2.75) is 5.92 Å². The number of hydrogen-bond donors (Lipinski definition) is 2. The van der Waals surface area contributed by atoms with Crippen LogP contribution in [0.2, 0.25) is 0 Å². The van der Waals surface area contributed by atoms with Gasteiger partial charge in [-0.2, -0.15) is 0 Å². The molecule has 0 aliphatic carbocycles. The second kappa shape index (κ2) is 6.42. The zero-order chi connectivity index (χ0) is 16.4. The van der Waals surface area contributed by atoms with Gasteiger partial charge in [0.05, 0.1) is 5.92 Å². The summed E-state index contributed by atoms with van der Waals surface area (Å²) in [5, 5.41) is 8.47. The van der Waals surface area contributed by atoms with Gasteiger partial charge in [0.25, 0.3) is 0 Å². The Labute approximate surface area is 140 Å². The molecular formula is C20H19N3O. The summed E-state index contributed by atoms with van der Waals surface area (Å²) in [7, 11) is 0. The number of aromatic nitrogens is 1. The Balaban J connectivity index is 1.54. The molecule has 0 radical (unpaired) electrons. The van der Waals surface area contributed by atoms with Crippen LogP contribution in [0.5, 0.6) is 0 Å². The molecule has 0 unspecified atom stereocenters. The molecule has 3 aromatic rings. The standard InChI is InChI=1S/C20H19N3O/c24-20(18-13-21-12-17(18)14-6-2-1-3-7-14)23-19-10-15-8-4-5-9-16(15)11-22-19/h1-11,17-18,21H,12-13H2,(H,22,23,24)/t17-,18+/m1/s1. The van der Waals surface area contributed by atoms with E-state index in [4.69, 9.17) is 0 Å². The van der Waals surface area contributed by atoms with Crippen molar-refractivity contribution in [2.75, 3.05) is 18.4 Å². The Bertz CT molecular complexity index is 863. The predicted octanol–water partition coefficient (Wildman–Crippen LogP) is 3.18. The highest BCUT2D eigenvalue weighted by Crippen LogP contribution is 2.29. The molecule has 0 spiro atoms. The molecule has 2 N–H and O–H groups in total. The lowest BCUT2D eigenvalue weighted by Crippen LogP contribution is -2.28. The Morgan fingerprint density at radius 2 is 1.75 bits per heavy atom. The largest absolute Gasteiger partial charge is 0.315 e. The highest BCUT2D eigenvalue weighted by atomic mass is 16.2. The molecule has 1 aromatic heterocycles. The topological polar surface area (TPSA) is 54.0 Å². The number of rotatable bonds is 3. The summed E-state index contributed by atoms with van der Waals surface area (Å²) in [4.78, 5) is 17.1. The van der Waals surface area contributed by atoms with Crippen LogP contribution in [0.25, 0.3) is 10.8 Å². The number of benzene rings is 2. The van der Waals surface area contributed by atoms with Crippen LogP contribution in [-0.2, 0) is 4.79 Å². The molecule has 1 aliphatic rings. The van der Waals surface area contributed by atoms with Gasteiger partial charge >= 0.3 is 0 Å². The fourth-order valence-electron chi connectivity index (χ4n) is 3.38. The summed E-state index contributed by atoms with van der Waals surface area (Å²) in [6.07, 6.45) is 1.80. The van der Waals surface area contributed by atoms with Crippen molar-refractivity contribution >= 4 is 22.5 Å². The fourth-order valence-corrected chi connectivity index (χ4v) is 3.38. The maximum Gasteiger partial charge on any atom is 0.230 e. The quantitative estimate of drug-likeness (QED) is 0.780. The minimum Gasteiger partial charge on any atom is -0.315 e. The highest BCUT2D eigenvalue weighted by molar-refractivity contribution is 5.95. The minimum absolute atomic E-state index is 0.0247. The summed E-state index contributed by atoms with van der Waals surface area (Å²) >= 11 is 0. The van der Waals surface area contributed by atoms with Crippen LogP contribution in [0.1, 0.15) is 11.5 Å². The van der Waals surface area contributed by atoms with Gasteiger partial charge in [0.1, 0.15) is 5.82 Å². The first kappa shape index (κ1) is 14.8. The zero-order valence-corrected chi connectivity index (χ0v) is 13.3. The molecule has 2 heterocycles. The molecule has 1 fully saturated rings. The average Bonchev–Trinajstić information content (AvgIpc) is 3.12. The van der Waals surface area contributed by atoms with E-state index in [9.17, 15) is 4.79 Å². The second-order valence-corrected chi connectivity index (χ2v) is 6.19. The fraction of sp³-hybridized carbons (Fsp3) is 0.200. The maximum atomic E-state index is 12.7. The number of anilines is 1. The summed E-state index contributed by atoms with van der Waals surface area (Å²) < 4.78 is 0. The van der Waals surface area contributed by atoms with E-state index in [1.165, 1.54) is 5.56 Å². The van der Waals surface area contributed by atoms with Gasteiger partial charge < -0.3 is 10.6 Å². The number of carbonyl (C=O) groups excluding carboxylic acids is 1. The number of amides is 1. The van der Waals surface area contributed by atoms with Crippen molar-refractivity contribution in [3.05, 3.63) is 72.4 Å². The van der Waals surface area contributed by atoms with Crippen molar-refractivity contribution in [3.8, 4) is 0 Å². The van der Waals surface area contributed by atoms with Crippen LogP contribution in [0.3, 0.4) is 0 Å². The average molecular weight is 317 g/mol. The van der Waals surface area contributed by atoms with Crippen LogP contribution in [-0.4, -0.2) is 24.0 Å². The monoisotopic (exact) mass is 317 g/mol. The van der Waals surface area contributed by atoms with Gasteiger partial charge in [0.15, 0.2) is 0 Å². The summed E-state index contributed by atoms with van der Waals surface area (Å²) in [5.74, 6) is 0.751. The van der Waals surface area contributed by atoms with E-state index in [0.29, 0.717) is 12.4 Å². The summed E-state index contributed by atoms with van der Waals surface area (Å²) in [6.45, 7) is 1.52. The lowest BCUT2D eigenvalue weighted by molar-refractivity contribution is -0.119. The molecule has 4 rings (SSSR count). The van der Waals surface area contributed by atoms with E-state index >= 15 is 0 Å². The third kappa shape index (κ3) is 2.88. The van der Waals surface area contributed by atoms with Crippen molar-refractivity contribution in [1.29, 1.82) is 0 Å². The first-order valence-corrected chi connectivity index (χ1v) is 8.22. The predicted molar refractivity (Wildman–Crippen MR) is 95.9 cm³/mol. The molecule has 1 amide bonds. The van der Waals surface area contributed by atoms with Crippen LogP contribution in [0, 0.1) is 5.92 Å². The molecule has 2 aromatic carbocycles. The number of nitrogens with one attached hydrogen (secondary N) is 2. The number of hydrogen-bond acceptors (Lipinski definition) is 3. The summed E-state index contributed by atoms with van der Waals surface area (Å²) in [5.41, 5.74) is 1.20. The normalized spacial score (nSPS) is 20.2. The van der Waals surface area contributed by atoms with E-state index in [1.807, 2.05) is 48.5 Å². The van der Waals surface area contributed by atoms with Crippen molar-refractivity contribution in [1.82, 2.24) is 10.3 Å². The lowest BCUT2D eigenvalue weighted by atomic mass is 9.88. The van der Waals surface area contributed by atoms with Crippen LogP contribution < -0.4 is 10.6 Å². The molecule has 0 saturated carbocycles. The Kier molecular flexibility index (Phi) is 3.97. The number of fused-ring (bicyclic) bond motifs is 1. The van der Waals surface area contributed by atoms with Crippen molar-refractivity contribution in [2.24, 2.45) is 5.92 Å². The molecule has 0 bridgehead atoms. The van der Waals surface area contributed by atoms with Crippen molar-refractivity contribution < 1.29 is 4.79 Å². The Morgan fingerprint density at radius 3 is 2.58 bits per heavy atom. The summed E-state index contributed by atoms with van der Waals surface area (Å²) in [6, 6.07) is 20.2. The van der Waals surface area contributed by atoms with Gasteiger partial charge in [-0.1, -0.05) is 54.6 Å². The molecule has 1 saturated heterocycles. The van der Waals surface area contributed by atoms with Gasteiger partial charge in [0.2, 0.25) is 5.91 Å². The van der Waals surface area contributed by atoms with Crippen molar-refractivity contribution in [3.63, 3.8) is 0 Å². The minimum atomic E-state index is -0.0827. The van der Waals surface area contributed by atoms with E-state index in [-0.39, 0.29) is 17.7 Å². The van der Waals surface area contributed by atoms with Gasteiger partial charge in [0, 0.05) is 30.6 Å². The van der Waals surface area contributed by atoms with Gasteiger partial charge in [-0.3, -0.25) is 4.79 Å². The number of carbonyl (C=O) groups is 1. The molecule has 1 aliphatic heterocycles. The van der Waals surface area contributed by atoms with E-state index in [0.717, 1.165) is 17.3 Å². The first-order valence-electron chi connectivity index (χ1n) is 8.22. The second-order valence-electron chi connectivity index (χ2n) is 6.19. The maximum absolute atomic E-state index is 12.7. The van der Waals surface area contributed by atoms with Gasteiger partial charge in [-0.15, -0.1) is 0 Å². The molecular weight excluding hydrogens is 298 g/mol. The Morgan fingerprint density at radius 1 is 1.00 bits per heavy atom. The third-order valence-electron chi connectivity index (χ3n) is 4.66. The van der Waals surface area contributed by atoms with Gasteiger partial charge in [-0.25, -0.2) is 4.98 Å².